The van der Waals surface area contributed by atoms with Gasteiger partial charge in [0.2, 0.25) is 5.91 Å². The number of fused-ring (bicyclic) bond motifs is 1. The summed E-state index contributed by atoms with van der Waals surface area (Å²) < 4.78 is 10.6. The van der Waals surface area contributed by atoms with Gasteiger partial charge in [0.05, 0.1) is 14.2 Å². The molecule has 0 saturated heterocycles. The lowest BCUT2D eigenvalue weighted by atomic mass is 10.0. The summed E-state index contributed by atoms with van der Waals surface area (Å²) >= 11 is 0. The Morgan fingerprint density at radius 2 is 1.57 bits per heavy atom. The van der Waals surface area contributed by atoms with Crippen molar-refractivity contribution in [3.8, 4) is 11.5 Å². The molecule has 0 unspecified atom stereocenters. The third-order valence-corrected chi connectivity index (χ3v) is 5.00. The van der Waals surface area contributed by atoms with Crippen LogP contribution < -0.4 is 9.47 Å². The molecule has 0 aliphatic heterocycles. The van der Waals surface area contributed by atoms with Gasteiger partial charge in [-0.25, -0.2) is 0 Å². The van der Waals surface area contributed by atoms with E-state index < -0.39 is 0 Å². The Balaban J connectivity index is 1.64. The summed E-state index contributed by atoms with van der Waals surface area (Å²) in [6.07, 6.45) is 1.24. The predicted octanol–water partition coefficient (Wildman–Crippen LogP) is 4.84. The van der Waals surface area contributed by atoms with Crippen LogP contribution in [0.25, 0.3) is 10.8 Å². The van der Waals surface area contributed by atoms with E-state index in [1.165, 1.54) is 16.3 Å². The maximum Gasteiger partial charge on any atom is 0.223 e. The lowest BCUT2D eigenvalue weighted by Gasteiger charge is -2.22. The zero-order valence-electron chi connectivity index (χ0n) is 16.8. The molecule has 3 aromatic rings. The van der Waals surface area contributed by atoms with Gasteiger partial charge in [0.15, 0.2) is 11.5 Å². The van der Waals surface area contributed by atoms with E-state index >= 15 is 0 Å². The number of rotatable bonds is 8. The molecule has 0 aliphatic carbocycles. The number of nitrogens with zero attached hydrogens (tertiary/aromatic N) is 1. The Bertz CT molecular complexity index is 951. The highest BCUT2D eigenvalue weighted by atomic mass is 16.5. The van der Waals surface area contributed by atoms with Crippen LogP contribution in [-0.4, -0.2) is 31.6 Å². The number of methoxy groups -OCH3 is 2. The summed E-state index contributed by atoms with van der Waals surface area (Å²) in [5.41, 5.74) is 2.22. The molecule has 0 bridgehead atoms. The average Bonchev–Trinajstić information content (AvgIpc) is 2.75. The highest BCUT2D eigenvalue weighted by Crippen LogP contribution is 2.28. The van der Waals surface area contributed by atoms with Crippen molar-refractivity contribution in [1.29, 1.82) is 0 Å². The first-order valence-corrected chi connectivity index (χ1v) is 9.61. The van der Waals surface area contributed by atoms with Crippen molar-refractivity contribution in [2.45, 2.75) is 26.3 Å². The topological polar surface area (TPSA) is 38.8 Å². The van der Waals surface area contributed by atoms with Crippen molar-refractivity contribution in [2.24, 2.45) is 0 Å². The molecule has 4 heteroatoms. The minimum atomic E-state index is 0.158. The Labute approximate surface area is 166 Å². The van der Waals surface area contributed by atoms with E-state index in [0.29, 0.717) is 31.0 Å². The molecule has 28 heavy (non-hydrogen) atoms. The molecular weight excluding hydrogens is 350 g/mol. The summed E-state index contributed by atoms with van der Waals surface area (Å²) in [4.78, 5) is 14.6. The zero-order valence-corrected chi connectivity index (χ0v) is 16.8. The lowest BCUT2D eigenvalue weighted by Crippen LogP contribution is -2.30. The van der Waals surface area contributed by atoms with E-state index in [2.05, 4.69) is 30.3 Å². The Kier molecular flexibility index (Phi) is 6.53. The molecule has 146 valence electrons. The zero-order chi connectivity index (χ0) is 19.9. The fourth-order valence-electron chi connectivity index (χ4n) is 3.38. The first-order valence-electron chi connectivity index (χ1n) is 9.61. The monoisotopic (exact) mass is 377 g/mol. The minimum absolute atomic E-state index is 0.158. The summed E-state index contributed by atoms with van der Waals surface area (Å²) in [7, 11) is 3.24. The van der Waals surface area contributed by atoms with Crippen molar-refractivity contribution in [3.63, 3.8) is 0 Å². The summed E-state index contributed by atoms with van der Waals surface area (Å²) in [6, 6.07) is 20.5. The smallest absolute Gasteiger partial charge is 0.223 e. The number of hydrogen-bond donors (Lipinski definition) is 0. The highest BCUT2D eigenvalue weighted by Gasteiger charge is 2.14. The SMILES string of the molecule is CCN(Cc1ccc(OC)c(OC)c1)C(=O)CCc1ccc2ccccc2c1. The largest absolute Gasteiger partial charge is 0.493 e. The summed E-state index contributed by atoms with van der Waals surface area (Å²) in [5, 5.41) is 2.44. The van der Waals surface area contributed by atoms with Crippen molar-refractivity contribution in [2.75, 3.05) is 20.8 Å². The van der Waals surface area contributed by atoms with Crippen LogP contribution in [0, 0.1) is 0 Å². The fraction of sp³-hybridized carbons (Fsp3) is 0.292. The van der Waals surface area contributed by atoms with Crippen LogP contribution in [0.1, 0.15) is 24.5 Å². The van der Waals surface area contributed by atoms with Crippen molar-refractivity contribution in [1.82, 2.24) is 4.90 Å². The third-order valence-electron chi connectivity index (χ3n) is 5.00. The summed E-state index contributed by atoms with van der Waals surface area (Å²) in [5.74, 6) is 1.53. The Morgan fingerprint density at radius 3 is 2.29 bits per heavy atom. The Morgan fingerprint density at radius 1 is 0.857 bits per heavy atom. The molecule has 0 N–H and O–H groups in total. The molecule has 0 heterocycles. The third kappa shape index (κ3) is 4.63. The number of carbonyl (C=O) groups is 1. The molecule has 0 aliphatic rings. The normalized spacial score (nSPS) is 10.7. The van der Waals surface area contributed by atoms with Crippen LogP contribution >= 0.6 is 0 Å². The van der Waals surface area contributed by atoms with Crippen LogP contribution in [0.4, 0.5) is 0 Å². The second kappa shape index (κ2) is 9.27. The maximum atomic E-state index is 12.8. The van der Waals surface area contributed by atoms with Gasteiger partial charge in [0.25, 0.3) is 0 Å². The molecule has 0 radical (unpaired) electrons. The Hall–Kier alpha value is -3.01. The molecule has 3 aromatic carbocycles. The van der Waals surface area contributed by atoms with Crippen LogP contribution in [0.2, 0.25) is 0 Å². The molecule has 0 atom stereocenters. The number of carbonyl (C=O) groups excluding carboxylic acids is 1. The average molecular weight is 377 g/mol. The number of ether oxygens (including phenoxy) is 2. The van der Waals surface area contributed by atoms with Gasteiger partial charge in [-0.3, -0.25) is 4.79 Å². The van der Waals surface area contributed by atoms with Crippen LogP contribution in [-0.2, 0) is 17.8 Å². The van der Waals surface area contributed by atoms with Crippen LogP contribution in [0.5, 0.6) is 11.5 Å². The molecule has 0 saturated carbocycles. The second-order valence-electron chi connectivity index (χ2n) is 6.78. The standard InChI is InChI=1S/C24H27NO3/c1-4-25(17-19-10-13-22(27-2)23(16-19)28-3)24(26)14-11-18-9-12-20-7-5-6-8-21(20)15-18/h5-10,12-13,15-16H,4,11,14,17H2,1-3H3. The summed E-state index contributed by atoms with van der Waals surface area (Å²) in [6.45, 7) is 3.24. The predicted molar refractivity (Wildman–Crippen MR) is 113 cm³/mol. The molecule has 3 rings (SSSR count). The highest BCUT2D eigenvalue weighted by molar-refractivity contribution is 5.83. The molecular formula is C24H27NO3. The van der Waals surface area contributed by atoms with Gasteiger partial charge in [-0.15, -0.1) is 0 Å². The molecule has 1 amide bonds. The van der Waals surface area contributed by atoms with Crippen molar-refractivity contribution < 1.29 is 14.3 Å². The second-order valence-corrected chi connectivity index (χ2v) is 6.78. The van der Waals surface area contributed by atoms with Crippen molar-refractivity contribution >= 4 is 16.7 Å². The van der Waals surface area contributed by atoms with Crippen molar-refractivity contribution in [3.05, 3.63) is 71.8 Å². The fourth-order valence-corrected chi connectivity index (χ4v) is 3.38. The number of amides is 1. The molecule has 0 spiro atoms. The van der Waals surface area contributed by atoms with Gasteiger partial charge in [0, 0.05) is 19.5 Å². The minimum Gasteiger partial charge on any atom is -0.493 e. The first kappa shape index (κ1) is 19.7. The van der Waals surface area contributed by atoms with E-state index in [1.807, 2.05) is 42.2 Å². The van der Waals surface area contributed by atoms with Gasteiger partial charge in [-0.05, 0) is 47.4 Å². The first-order chi connectivity index (χ1) is 13.6. The van der Waals surface area contributed by atoms with E-state index in [1.54, 1.807) is 14.2 Å². The van der Waals surface area contributed by atoms with Gasteiger partial charge >= 0.3 is 0 Å². The molecule has 4 nitrogen and oxygen atoms in total. The number of benzene rings is 3. The van der Waals surface area contributed by atoms with E-state index in [0.717, 1.165) is 12.0 Å². The molecule has 0 fully saturated rings. The van der Waals surface area contributed by atoms with Gasteiger partial charge in [-0.1, -0.05) is 48.5 Å². The van der Waals surface area contributed by atoms with Gasteiger partial charge in [0.1, 0.15) is 0 Å². The quantitative estimate of drug-likeness (QED) is 0.564. The van der Waals surface area contributed by atoms with Gasteiger partial charge in [-0.2, -0.15) is 0 Å². The van der Waals surface area contributed by atoms with E-state index in [4.69, 9.17) is 9.47 Å². The van der Waals surface area contributed by atoms with Gasteiger partial charge < -0.3 is 14.4 Å². The van der Waals surface area contributed by atoms with E-state index in [9.17, 15) is 4.79 Å². The lowest BCUT2D eigenvalue weighted by molar-refractivity contribution is -0.131. The van der Waals surface area contributed by atoms with E-state index in [-0.39, 0.29) is 5.91 Å². The van der Waals surface area contributed by atoms with Crippen LogP contribution in [0.15, 0.2) is 60.7 Å². The van der Waals surface area contributed by atoms with Crippen LogP contribution in [0.3, 0.4) is 0 Å². The number of hydrogen-bond acceptors (Lipinski definition) is 3. The molecule has 0 aromatic heterocycles. The maximum absolute atomic E-state index is 12.8. The number of aryl methyl sites for hydroxylation is 1.